The first kappa shape index (κ1) is 9.42. The normalized spacial score (nSPS) is 10.4. The Bertz CT molecular complexity index is 423. The maximum atomic E-state index is 5.64. The lowest BCUT2D eigenvalue weighted by Gasteiger charge is -2.01. The third kappa shape index (κ3) is 2.02. The fourth-order valence-corrected chi connectivity index (χ4v) is 1.72. The molecule has 0 saturated carbocycles. The molecule has 74 valence electrons. The van der Waals surface area contributed by atoms with Gasteiger partial charge in [-0.1, -0.05) is 11.3 Å². The van der Waals surface area contributed by atoms with Crippen LogP contribution in [-0.2, 0) is 13.6 Å². The van der Waals surface area contributed by atoms with E-state index in [-0.39, 0.29) is 0 Å². The van der Waals surface area contributed by atoms with Crippen LogP contribution in [-0.4, -0.2) is 19.7 Å². The second-order valence-electron chi connectivity index (χ2n) is 2.67. The molecular weight excluding hydrogens is 222 g/mol. The van der Waals surface area contributed by atoms with E-state index in [9.17, 15) is 0 Å². The Morgan fingerprint density at radius 3 is 3.00 bits per heavy atom. The molecule has 0 spiro atoms. The van der Waals surface area contributed by atoms with E-state index in [0.29, 0.717) is 16.1 Å². The van der Waals surface area contributed by atoms with Crippen molar-refractivity contribution in [3.05, 3.63) is 22.7 Å². The third-order valence-electron chi connectivity index (χ3n) is 1.72. The van der Waals surface area contributed by atoms with Crippen molar-refractivity contribution in [2.45, 2.75) is 6.54 Å². The van der Waals surface area contributed by atoms with Crippen LogP contribution in [0.1, 0.15) is 5.82 Å². The Morgan fingerprint density at radius 2 is 2.43 bits per heavy atom. The van der Waals surface area contributed by atoms with Gasteiger partial charge in [0.2, 0.25) is 9.60 Å². The third-order valence-corrected chi connectivity index (χ3v) is 2.70. The summed E-state index contributed by atoms with van der Waals surface area (Å²) in [5.74, 6) is 0.941. The van der Waals surface area contributed by atoms with E-state index < -0.39 is 0 Å². The lowest BCUT2D eigenvalue weighted by atomic mass is 10.6. The molecule has 0 unspecified atom stereocenters. The van der Waals surface area contributed by atoms with Gasteiger partial charge in [0.1, 0.15) is 5.82 Å². The molecule has 0 amide bonds. The first-order chi connectivity index (χ1) is 6.75. The summed E-state index contributed by atoms with van der Waals surface area (Å²) in [5.41, 5.74) is 0. The highest BCUT2D eigenvalue weighted by atomic mass is 35.5. The van der Waals surface area contributed by atoms with Gasteiger partial charge in [-0.2, -0.15) is 0 Å². The molecule has 0 aliphatic heterocycles. The molecule has 0 fully saturated rings. The van der Waals surface area contributed by atoms with Gasteiger partial charge >= 0.3 is 0 Å². The fourth-order valence-electron chi connectivity index (χ4n) is 0.998. The second-order valence-corrected chi connectivity index (χ2v) is 4.23. The van der Waals surface area contributed by atoms with Crippen LogP contribution >= 0.6 is 22.9 Å². The molecule has 2 aromatic heterocycles. The number of nitrogens with one attached hydrogen (secondary N) is 1. The maximum Gasteiger partial charge on any atom is 0.208 e. The Labute approximate surface area is 89.8 Å². The number of aryl methyl sites for hydroxylation is 1. The van der Waals surface area contributed by atoms with Crippen LogP contribution in [0.15, 0.2) is 12.4 Å². The summed E-state index contributed by atoms with van der Waals surface area (Å²) in [5, 5.41) is 11.3. The molecule has 7 heteroatoms. The molecule has 0 aromatic carbocycles. The number of nitrogens with zero attached hydrogens (tertiary/aromatic N) is 4. The quantitative estimate of drug-likeness (QED) is 0.868. The fraction of sp³-hybridized carbons (Fsp3) is 0.286. The molecule has 2 rings (SSSR count). The van der Waals surface area contributed by atoms with Gasteiger partial charge in [-0.3, -0.25) is 0 Å². The smallest absolute Gasteiger partial charge is 0.208 e. The van der Waals surface area contributed by atoms with Gasteiger partial charge in [-0.25, -0.2) is 4.98 Å². The van der Waals surface area contributed by atoms with E-state index in [2.05, 4.69) is 20.5 Å². The Balaban J connectivity index is 1.98. The monoisotopic (exact) mass is 229 g/mol. The number of halogens is 1. The van der Waals surface area contributed by atoms with Crippen LogP contribution in [0.3, 0.4) is 0 Å². The van der Waals surface area contributed by atoms with Crippen LogP contribution in [0, 0.1) is 0 Å². The molecule has 0 bridgehead atoms. The highest BCUT2D eigenvalue weighted by Crippen LogP contribution is 2.19. The summed E-state index contributed by atoms with van der Waals surface area (Å²) >= 11 is 6.95. The first-order valence-corrected chi connectivity index (χ1v) is 5.14. The SMILES string of the molecule is Cn1ccnc1CNc1nnc(Cl)s1. The highest BCUT2D eigenvalue weighted by Gasteiger charge is 2.02. The molecule has 0 aliphatic carbocycles. The number of imidazole rings is 1. The average molecular weight is 230 g/mol. The molecule has 2 heterocycles. The van der Waals surface area contributed by atoms with Gasteiger partial charge in [0.25, 0.3) is 0 Å². The molecule has 0 saturated heterocycles. The average Bonchev–Trinajstić information content (AvgIpc) is 2.72. The number of aromatic nitrogens is 4. The Kier molecular flexibility index (Phi) is 2.64. The minimum atomic E-state index is 0.437. The van der Waals surface area contributed by atoms with Crippen LogP contribution in [0.5, 0.6) is 0 Å². The van der Waals surface area contributed by atoms with Crippen LogP contribution in [0.25, 0.3) is 0 Å². The molecule has 0 radical (unpaired) electrons. The lowest BCUT2D eigenvalue weighted by Crippen LogP contribution is -2.05. The lowest BCUT2D eigenvalue weighted by molar-refractivity contribution is 0.811. The van der Waals surface area contributed by atoms with E-state index in [1.165, 1.54) is 11.3 Å². The van der Waals surface area contributed by atoms with E-state index in [1.54, 1.807) is 6.20 Å². The number of rotatable bonds is 3. The Hall–Kier alpha value is -1.14. The molecule has 1 N–H and O–H groups in total. The summed E-state index contributed by atoms with van der Waals surface area (Å²) in [6.07, 6.45) is 3.65. The minimum Gasteiger partial charge on any atom is -0.353 e. The van der Waals surface area contributed by atoms with E-state index in [1.807, 2.05) is 17.8 Å². The van der Waals surface area contributed by atoms with Crippen LogP contribution in [0.2, 0.25) is 4.47 Å². The predicted molar refractivity (Wildman–Crippen MR) is 55.5 cm³/mol. The maximum absolute atomic E-state index is 5.64. The van der Waals surface area contributed by atoms with Gasteiger partial charge in [-0.05, 0) is 11.6 Å². The summed E-state index contributed by atoms with van der Waals surface area (Å²) in [7, 11) is 1.94. The summed E-state index contributed by atoms with van der Waals surface area (Å²) < 4.78 is 2.38. The zero-order chi connectivity index (χ0) is 9.97. The summed E-state index contributed by atoms with van der Waals surface area (Å²) in [6.45, 7) is 0.620. The standard InChI is InChI=1S/C7H8ClN5S/c1-13-3-2-9-5(13)4-10-7-12-11-6(8)14-7/h2-3H,4H2,1H3,(H,10,12). The Morgan fingerprint density at radius 1 is 1.57 bits per heavy atom. The predicted octanol–water partition coefficient (Wildman–Crippen LogP) is 1.54. The van der Waals surface area contributed by atoms with Gasteiger partial charge in [0.15, 0.2) is 0 Å². The first-order valence-electron chi connectivity index (χ1n) is 3.95. The van der Waals surface area contributed by atoms with Gasteiger partial charge in [-0.15, -0.1) is 10.2 Å². The van der Waals surface area contributed by atoms with Crippen molar-refractivity contribution < 1.29 is 0 Å². The second kappa shape index (κ2) is 3.93. The summed E-state index contributed by atoms with van der Waals surface area (Å²) in [4.78, 5) is 4.16. The van der Waals surface area contributed by atoms with Crippen molar-refractivity contribution in [2.24, 2.45) is 7.05 Å². The van der Waals surface area contributed by atoms with Crippen molar-refractivity contribution >= 4 is 28.1 Å². The summed E-state index contributed by atoms with van der Waals surface area (Å²) in [6, 6.07) is 0. The number of hydrogen-bond acceptors (Lipinski definition) is 5. The van der Waals surface area contributed by atoms with E-state index >= 15 is 0 Å². The molecule has 0 aliphatic rings. The van der Waals surface area contributed by atoms with Crippen LogP contribution < -0.4 is 5.32 Å². The zero-order valence-electron chi connectivity index (χ0n) is 7.44. The van der Waals surface area contributed by atoms with E-state index in [4.69, 9.17) is 11.6 Å². The van der Waals surface area contributed by atoms with Gasteiger partial charge < -0.3 is 9.88 Å². The molecule has 14 heavy (non-hydrogen) atoms. The number of hydrogen-bond donors (Lipinski definition) is 1. The molecule has 5 nitrogen and oxygen atoms in total. The van der Waals surface area contributed by atoms with Gasteiger partial charge in [0.05, 0.1) is 6.54 Å². The molecular formula is C7H8ClN5S. The van der Waals surface area contributed by atoms with Gasteiger partial charge in [0, 0.05) is 19.4 Å². The molecule has 0 atom stereocenters. The van der Waals surface area contributed by atoms with Crippen molar-refractivity contribution in [3.63, 3.8) is 0 Å². The van der Waals surface area contributed by atoms with E-state index in [0.717, 1.165) is 5.82 Å². The highest BCUT2D eigenvalue weighted by molar-refractivity contribution is 7.18. The van der Waals surface area contributed by atoms with Crippen molar-refractivity contribution in [2.75, 3.05) is 5.32 Å². The largest absolute Gasteiger partial charge is 0.353 e. The van der Waals surface area contributed by atoms with Crippen molar-refractivity contribution in [3.8, 4) is 0 Å². The van der Waals surface area contributed by atoms with Crippen LogP contribution in [0.4, 0.5) is 5.13 Å². The van der Waals surface area contributed by atoms with Crippen molar-refractivity contribution in [1.29, 1.82) is 0 Å². The minimum absolute atomic E-state index is 0.437. The number of anilines is 1. The molecule has 2 aromatic rings. The van der Waals surface area contributed by atoms with Crippen molar-refractivity contribution in [1.82, 2.24) is 19.7 Å². The topological polar surface area (TPSA) is 55.6 Å². The zero-order valence-corrected chi connectivity index (χ0v) is 9.01.